The van der Waals surface area contributed by atoms with Gasteiger partial charge in [0.25, 0.3) is 5.89 Å². The van der Waals surface area contributed by atoms with Gasteiger partial charge in [-0.15, -0.1) is 0 Å². The number of nitrogens with zero attached hydrogens (tertiary/aromatic N) is 4. The maximum atomic E-state index is 11.3. The van der Waals surface area contributed by atoms with Gasteiger partial charge in [0.1, 0.15) is 6.07 Å². The van der Waals surface area contributed by atoms with E-state index in [0.717, 1.165) is 0 Å². The van der Waals surface area contributed by atoms with Crippen LogP contribution in [0.25, 0.3) is 11.7 Å². The van der Waals surface area contributed by atoms with E-state index < -0.39 is 0 Å². The van der Waals surface area contributed by atoms with Gasteiger partial charge in [-0.05, 0) is 12.1 Å². The van der Waals surface area contributed by atoms with Gasteiger partial charge < -0.3 is 18.6 Å². The summed E-state index contributed by atoms with van der Waals surface area (Å²) in [6.45, 7) is 4.00. The number of anilines is 1. The number of aromatic nitrogens is 1. The number of carbonyl (C=O) groups excluding carboxylic acids is 1. The molecule has 0 atom stereocenters. The van der Waals surface area contributed by atoms with Crippen LogP contribution in [0.15, 0.2) is 27.2 Å². The number of nitriles is 1. The summed E-state index contributed by atoms with van der Waals surface area (Å²) in [5.74, 6) is 1.27. The molecular weight excluding hydrogens is 272 g/mol. The summed E-state index contributed by atoms with van der Waals surface area (Å²) < 4.78 is 10.9. The smallest absolute Gasteiger partial charge is 0.266 e. The summed E-state index contributed by atoms with van der Waals surface area (Å²) >= 11 is 0. The van der Waals surface area contributed by atoms with Gasteiger partial charge in [-0.1, -0.05) is 0 Å². The van der Waals surface area contributed by atoms with E-state index in [4.69, 9.17) is 8.83 Å². The average molecular weight is 286 g/mol. The van der Waals surface area contributed by atoms with Crippen molar-refractivity contribution in [3.05, 3.63) is 24.1 Å². The van der Waals surface area contributed by atoms with Crippen molar-refractivity contribution in [2.75, 3.05) is 31.1 Å². The minimum atomic E-state index is 0.0593. The standard InChI is InChI=1S/C14H14N4O3/c1-10(19)17-4-6-18(7-5-17)14-11(9-15)16-13(21-14)12-3-2-8-20-12/h2-3,8H,4-7H2,1H3. The molecule has 1 aliphatic rings. The van der Waals surface area contributed by atoms with Crippen molar-refractivity contribution in [2.45, 2.75) is 6.92 Å². The molecule has 0 aromatic carbocycles. The highest BCUT2D eigenvalue weighted by atomic mass is 16.4. The third-order valence-corrected chi connectivity index (χ3v) is 3.46. The molecule has 0 N–H and O–H groups in total. The Balaban J connectivity index is 1.83. The molecule has 7 nitrogen and oxygen atoms in total. The molecule has 3 heterocycles. The number of amides is 1. The Morgan fingerprint density at radius 1 is 1.38 bits per heavy atom. The Morgan fingerprint density at radius 3 is 2.71 bits per heavy atom. The number of hydrogen-bond donors (Lipinski definition) is 0. The molecular formula is C14H14N4O3. The molecule has 1 saturated heterocycles. The molecule has 108 valence electrons. The first kappa shape index (κ1) is 13.2. The molecule has 1 aliphatic heterocycles. The number of carbonyl (C=O) groups is 1. The normalized spacial score (nSPS) is 15.0. The van der Waals surface area contributed by atoms with Crippen LogP contribution in [0, 0.1) is 11.3 Å². The van der Waals surface area contributed by atoms with Crippen molar-refractivity contribution in [3.63, 3.8) is 0 Å². The molecule has 0 aliphatic carbocycles. The van der Waals surface area contributed by atoms with Crippen LogP contribution in [0.3, 0.4) is 0 Å². The fourth-order valence-corrected chi connectivity index (χ4v) is 2.33. The van der Waals surface area contributed by atoms with Crippen LogP contribution in [0.5, 0.6) is 0 Å². The Labute approximate surface area is 121 Å². The van der Waals surface area contributed by atoms with Crippen LogP contribution in [-0.2, 0) is 4.79 Å². The maximum absolute atomic E-state index is 11.3. The number of hydrogen-bond acceptors (Lipinski definition) is 6. The van der Waals surface area contributed by atoms with Gasteiger partial charge in [0.15, 0.2) is 5.76 Å². The van der Waals surface area contributed by atoms with Gasteiger partial charge in [-0.25, -0.2) is 0 Å². The van der Waals surface area contributed by atoms with Crippen molar-refractivity contribution in [2.24, 2.45) is 0 Å². The second-order valence-corrected chi connectivity index (χ2v) is 4.75. The van der Waals surface area contributed by atoms with Crippen LogP contribution in [0.4, 0.5) is 5.88 Å². The predicted octanol–water partition coefficient (Wildman–Crippen LogP) is 1.47. The Morgan fingerprint density at radius 2 is 2.14 bits per heavy atom. The molecule has 2 aromatic heterocycles. The molecule has 3 rings (SSSR count). The summed E-state index contributed by atoms with van der Waals surface area (Å²) in [5, 5.41) is 9.21. The zero-order chi connectivity index (χ0) is 14.8. The third kappa shape index (κ3) is 2.48. The lowest BCUT2D eigenvalue weighted by Gasteiger charge is -2.33. The Kier molecular flexibility index (Phi) is 3.36. The number of furan rings is 1. The quantitative estimate of drug-likeness (QED) is 0.831. The topological polar surface area (TPSA) is 86.5 Å². The SMILES string of the molecule is CC(=O)N1CCN(c2oc(-c3ccco3)nc2C#N)CC1. The second kappa shape index (κ2) is 5.32. The molecule has 0 unspecified atom stereocenters. The van der Waals surface area contributed by atoms with E-state index >= 15 is 0 Å². The fraction of sp³-hybridized carbons (Fsp3) is 0.357. The first-order chi connectivity index (χ1) is 10.2. The second-order valence-electron chi connectivity index (χ2n) is 4.75. The van der Waals surface area contributed by atoms with Gasteiger partial charge in [-0.3, -0.25) is 4.79 Å². The van der Waals surface area contributed by atoms with Gasteiger partial charge in [0, 0.05) is 33.1 Å². The van der Waals surface area contributed by atoms with E-state index in [-0.39, 0.29) is 11.6 Å². The van der Waals surface area contributed by atoms with Gasteiger partial charge in [0.2, 0.25) is 17.5 Å². The van der Waals surface area contributed by atoms with Crippen molar-refractivity contribution >= 4 is 11.8 Å². The first-order valence-electron chi connectivity index (χ1n) is 6.64. The largest absolute Gasteiger partial charge is 0.459 e. The minimum Gasteiger partial charge on any atom is -0.459 e. The lowest BCUT2D eigenvalue weighted by Crippen LogP contribution is -2.48. The molecule has 1 amide bonds. The highest BCUT2D eigenvalue weighted by Gasteiger charge is 2.25. The molecule has 2 aromatic rings. The summed E-state index contributed by atoms with van der Waals surface area (Å²) in [5.41, 5.74) is 0.234. The number of rotatable bonds is 2. The molecule has 1 fully saturated rings. The van der Waals surface area contributed by atoms with Crippen molar-refractivity contribution in [1.29, 1.82) is 5.26 Å². The van der Waals surface area contributed by atoms with Gasteiger partial charge >= 0.3 is 0 Å². The monoisotopic (exact) mass is 286 g/mol. The zero-order valence-electron chi connectivity index (χ0n) is 11.6. The molecule has 0 radical (unpaired) electrons. The lowest BCUT2D eigenvalue weighted by atomic mass is 10.3. The minimum absolute atomic E-state index is 0.0593. The summed E-state index contributed by atoms with van der Waals surface area (Å²) in [6, 6.07) is 5.50. The van der Waals surface area contributed by atoms with E-state index in [0.29, 0.717) is 43.7 Å². The highest BCUT2D eigenvalue weighted by molar-refractivity contribution is 5.73. The van der Waals surface area contributed by atoms with Crippen LogP contribution in [-0.4, -0.2) is 42.0 Å². The maximum Gasteiger partial charge on any atom is 0.266 e. The van der Waals surface area contributed by atoms with Crippen LogP contribution >= 0.6 is 0 Å². The van der Waals surface area contributed by atoms with Gasteiger partial charge in [0.05, 0.1) is 6.26 Å². The summed E-state index contributed by atoms with van der Waals surface area (Å²) in [7, 11) is 0. The first-order valence-corrected chi connectivity index (χ1v) is 6.64. The lowest BCUT2D eigenvalue weighted by molar-refractivity contribution is -0.129. The highest BCUT2D eigenvalue weighted by Crippen LogP contribution is 2.28. The van der Waals surface area contributed by atoms with Crippen molar-refractivity contribution in [1.82, 2.24) is 9.88 Å². The molecule has 7 heteroatoms. The fourth-order valence-electron chi connectivity index (χ4n) is 2.33. The Bertz CT molecular complexity index is 676. The number of oxazole rings is 1. The van der Waals surface area contributed by atoms with Crippen LogP contribution in [0.1, 0.15) is 12.6 Å². The van der Waals surface area contributed by atoms with E-state index in [1.165, 1.54) is 6.26 Å². The summed E-state index contributed by atoms with van der Waals surface area (Å²) in [6.07, 6.45) is 1.52. The van der Waals surface area contributed by atoms with Crippen molar-refractivity contribution in [3.8, 4) is 17.7 Å². The van der Waals surface area contributed by atoms with Crippen LogP contribution < -0.4 is 4.90 Å². The van der Waals surface area contributed by atoms with Crippen molar-refractivity contribution < 1.29 is 13.6 Å². The van der Waals surface area contributed by atoms with E-state index in [1.54, 1.807) is 24.0 Å². The third-order valence-electron chi connectivity index (χ3n) is 3.46. The Hall–Kier alpha value is -2.75. The van der Waals surface area contributed by atoms with Gasteiger partial charge in [-0.2, -0.15) is 10.2 Å². The van der Waals surface area contributed by atoms with E-state index in [2.05, 4.69) is 4.98 Å². The molecule has 0 bridgehead atoms. The predicted molar refractivity (Wildman–Crippen MR) is 73.4 cm³/mol. The molecule has 21 heavy (non-hydrogen) atoms. The zero-order valence-corrected chi connectivity index (χ0v) is 11.6. The van der Waals surface area contributed by atoms with Crippen LogP contribution in [0.2, 0.25) is 0 Å². The molecule has 0 spiro atoms. The molecule has 0 saturated carbocycles. The summed E-state index contributed by atoms with van der Waals surface area (Å²) in [4.78, 5) is 19.2. The number of piperazine rings is 1. The van der Waals surface area contributed by atoms with E-state index in [1.807, 2.05) is 11.0 Å². The average Bonchev–Trinajstić information content (AvgIpc) is 3.16. The van der Waals surface area contributed by atoms with E-state index in [9.17, 15) is 10.1 Å².